The van der Waals surface area contributed by atoms with Crippen LogP contribution in [0.1, 0.15) is 21.7 Å². The van der Waals surface area contributed by atoms with Crippen LogP contribution in [0.3, 0.4) is 0 Å². The summed E-state index contributed by atoms with van der Waals surface area (Å²) in [5.41, 5.74) is 5.84. The molecule has 0 bridgehead atoms. The first kappa shape index (κ1) is 20.8. The molecule has 0 radical (unpaired) electrons. The molecule has 0 saturated carbocycles. The fourth-order valence-corrected chi connectivity index (χ4v) is 2.81. The summed E-state index contributed by atoms with van der Waals surface area (Å²) in [7, 11) is 1.31. The Morgan fingerprint density at radius 1 is 1.10 bits per heavy atom. The van der Waals surface area contributed by atoms with Crippen LogP contribution < -0.4 is 20.3 Å². The lowest BCUT2D eigenvalue weighted by molar-refractivity contribution is -0.117. The van der Waals surface area contributed by atoms with Crippen LogP contribution in [0.5, 0.6) is 11.5 Å². The van der Waals surface area contributed by atoms with Crippen molar-refractivity contribution >= 4 is 28.9 Å². The number of halogens is 2. The average molecular weight is 416 g/mol. The number of benzene rings is 2. The van der Waals surface area contributed by atoms with Crippen molar-refractivity contribution in [2.45, 2.75) is 13.5 Å². The molecule has 156 valence electrons. The van der Waals surface area contributed by atoms with Crippen LogP contribution in [0.4, 0.5) is 8.78 Å². The van der Waals surface area contributed by atoms with Crippen molar-refractivity contribution in [2.75, 3.05) is 7.11 Å². The van der Waals surface area contributed by atoms with Crippen molar-refractivity contribution in [3.8, 4) is 11.5 Å². The second-order valence-corrected chi connectivity index (χ2v) is 6.09. The van der Waals surface area contributed by atoms with Gasteiger partial charge < -0.3 is 13.9 Å². The number of alkyl halides is 2. The van der Waals surface area contributed by atoms with Crippen molar-refractivity contribution in [3.63, 3.8) is 0 Å². The van der Waals surface area contributed by atoms with E-state index in [1.165, 1.54) is 25.3 Å². The van der Waals surface area contributed by atoms with E-state index in [4.69, 9.17) is 9.15 Å². The zero-order valence-corrected chi connectivity index (χ0v) is 16.1. The quantitative estimate of drug-likeness (QED) is 0.471. The van der Waals surface area contributed by atoms with Gasteiger partial charge in [-0.15, -0.1) is 0 Å². The Morgan fingerprint density at radius 2 is 1.87 bits per heavy atom. The molecule has 9 heteroatoms. The molecule has 7 nitrogen and oxygen atoms in total. The minimum absolute atomic E-state index is 0.0703. The van der Waals surface area contributed by atoms with Gasteiger partial charge in [-0.1, -0.05) is 30.3 Å². The van der Waals surface area contributed by atoms with Crippen molar-refractivity contribution in [1.29, 1.82) is 0 Å². The van der Waals surface area contributed by atoms with E-state index in [1.807, 2.05) is 12.1 Å². The number of rotatable bonds is 6. The molecule has 2 aromatic carbocycles. The van der Waals surface area contributed by atoms with E-state index in [1.54, 1.807) is 25.1 Å². The standard InChI is InChI=1S/C21H18F2N2O5/c1-12-14-7-3-4-8-15(14)29-18(12)20(27)25-24-17(26)11-10-13-6-5-9-16(28-2)19(13)30-21(22)23/h3-11,21H,1-2H3,(H,24,26)(H,25,27)/b11-10+. The summed E-state index contributed by atoms with van der Waals surface area (Å²) in [5.74, 6) is -1.37. The number of para-hydroxylation sites is 2. The number of aryl methyl sites for hydroxylation is 1. The highest BCUT2D eigenvalue weighted by Gasteiger charge is 2.18. The van der Waals surface area contributed by atoms with Gasteiger partial charge in [0.05, 0.1) is 7.11 Å². The molecule has 2 N–H and O–H groups in total. The zero-order valence-electron chi connectivity index (χ0n) is 16.1. The van der Waals surface area contributed by atoms with E-state index in [0.29, 0.717) is 11.1 Å². The fraction of sp³-hybridized carbons (Fsp3) is 0.143. The van der Waals surface area contributed by atoms with Crippen LogP contribution in [-0.2, 0) is 4.79 Å². The van der Waals surface area contributed by atoms with Crippen LogP contribution in [-0.4, -0.2) is 25.5 Å². The second-order valence-electron chi connectivity index (χ2n) is 6.09. The van der Waals surface area contributed by atoms with E-state index in [-0.39, 0.29) is 22.8 Å². The van der Waals surface area contributed by atoms with Crippen molar-refractivity contribution in [3.05, 3.63) is 65.4 Å². The molecule has 0 saturated heterocycles. The third-order valence-electron chi connectivity index (χ3n) is 4.20. The highest BCUT2D eigenvalue weighted by Crippen LogP contribution is 2.33. The maximum absolute atomic E-state index is 12.7. The highest BCUT2D eigenvalue weighted by molar-refractivity contribution is 6.00. The Balaban J connectivity index is 1.68. The summed E-state index contributed by atoms with van der Waals surface area (Å²) < 4.78 is 40.3. The summed E-state index contributed by atoms with van der Waals surface area (Å²) in [5, 5.41) is 0.790. The van der Waals surface area contributed by atoms with Crippen LogP contribution in [0, 0.1) is 6.92 Å². The molecule has 30 heavy (non-hydrogen) atoms. The Kier molecular flexibility index (Phi) is 6.31. The number of hydrogen-bond acceptors (Lipinski definition) is 5. The van der Waals surface area contributed by atoms with Gasteiger partial charge in [0.1, 0.15) is 5.58 Å². The van der Waals surface area contributed by atoms with Gasteiger partial charge in [0.25, 0.3) is 5.91 Å². The lowest BCUT2D eigenvalue weighted by Crippen LogP contribution is -2.40. The Hall–Kier alpha value is -3.88. The van der Waals surface area contributed by atoms with Gasteiger partial charge in [-0.3, -0.25) is 20.4 Å². The number of amides is 2. The molecule has 2 amide bonds. The maximum atomic E-state index is 12.7. The smallest absolute Gasteiger partial charge is 0.387 e. The van der Waals surface area contributed by atoms with Gasteiger partial charge in [0, 0.05) is 22.6 Å². The van der Waals surface area contributed by atoms with Crippen molar-refractivity contribution in [2.24, 2.45) is 0 Å². The minimum Gasteiger partial charge on any atom is -0.493 e. The van der Waals surface area contributed by atoms with E-state index in [2.05, 4.69) is 15.6 Å². The number of furan rings is 1. The molecule has 0 aliphatic rings. The molecule has 0 spiro atoms. The van der Waals surface area contributed by atoms with Gasteiger partial charge in [-0.2, -0.15) is 8.78 Å². The molecule has 1 aromatic heterocycles. The number of carbonyl (C=O) groups is 2. The number of nitrogens with one attached hydrogen (secondary N) is 2. The fourth-order valence-electron chi connectivity index (χ4n) is 2.81. The van der Waals surface area contributed by atoms with Gasteiger partial charge >= 0.3 is 12.5 Å². The Bertz CT molecular complexity index is 1110. The van der Waals surface area contributed by atoms with Gasteiger partial charge in [-0.05, 0) is 25.1 Å². The second kappa shape index (κ2) is 9.08. The number of methoxy groups -OCH3 is 1. The van der Waals surface area contributed by atoms with Crippen LogP contribution >= 0.6 is 0 Å². The number of ether oxygens (including phenoxy) is 2. The molecule has 0 atom stereocenters. The molecule has 3 aromatic rings. The highest BCUT2D eigenvalue weighted by atomic mass is 19.3. The van der Waals surface area contributed by atoms with E-state index >= 15 is 0 Å². The third kappa shape index (κ3) is 4.57. The Labute approximate surface area is 170 Å². The first-order valence-electron chi connectivity index (χ1n) is 8.79. The van der Waals surface area contributed by atoms with Crippen molar-refractivity contribution < 1.29 is 32.3 Å². The van der Waals surface area contributed by atoms with Gasteiger partial charge in [-0.25, -0.2) is 0 Å². The molecule has 0 aliphatic carbocycles. The molecule has 3 rings (SSSR count). The monoisotopic (exact) mass is 416 g/mol. The lowest BCUT2D eigenvalue weighted by atomic mass is 10.1. The largest absolute Gasteiger partial charge is 0.493 e. The van der Waals surface area contributed by atoms with Gasteiger partial charge in [0.15, 0.2) is 17.3 Å². The molecule has 0 unspecified atom stereocenters. The Morgan fingerprint density at radius 3 is 2.57 bits per heavy atom. The predicted molar refractivity (Wildman–Crippen MR) is 105 cm³/mol. The molecule has 0 fully saturated rings. The van der Waals surface area contributed by atoms with Crippen LogP contribution in [0.2, 0.25) is 0 Å². The summed E-state index contributed by atoms with van der Waals surface area (Å²) >= 11 is 0. The molecule has 0 aliphatic heterocycles. The van der Waals surface area contributed by atoms with E-state index in [0.717, 1.165) is 11.5 Å². The summed E-state index contributed by atoms with van der Waals surface area (Å²) in [6.45, 7) is -1.33. The predicted octanol–water partition coefficient (Wildman–Crippen LogP) is 3.83. The summed E-state index contributed by atoms with van der Waals surface area (Å²) in [4.78, 5) is 24.3. The third-order valence-corrected chi connectivity index (χ3v) is 4.20. The van der Waals surface area contributed by atoms with Gasteiger partial charge in [0.2, 0.25) is 0 Å². The SMILES string of the molecule is COc1cccc(/C=C/C(=O)NNC(=O)c2oc3ccccc3c2C)c1OC(F)F. The van der Waals surface area contributed by atoms with Crippen molar-refractivity contribution in [1.82, 2.24) is 10.9 Å². The molecular weight excluding hydrogens is 398 g/mol. The first-order valence-corrected chi connectivity index (χ1v) is 8.79. The normalized spacial score (nSPS) is 11.1. The number of carbonyl (C=O) groups excluding carboxylic acids is 2. The molecule has 1 heterocycles. The topological polar surface area (TPSA) is 89.8 Å². The average Bonchev–Trinajstić information content (AvgIpc) is 3.07. The number of fused-ring (bicyclic) bond motifs is 1. The number of hydrazine groups is 1. The zero-order chi connectivity index (χ0) is 21.7. The first-order chi connectivity index (χ1) is 14.4. The minimum atomic E-state index is -3.06. The van der Waals surface area contributed by atoms with Crippen LogP contribution in [0.25, 0.3) is 17.0 Å². The summed E-state index contributed by atoms with van der Waals surface area (Å²) in [6.07, 6.45) is 2.31. The molecular formula is C21H18F2N2O5. The summed E-state index contributed by atoms with van der Waals surface area (Å²) in [6, 6.07) is 11.6. The van der Waals surface area contributed by atoms with E-state index in [9.17, 15) is 18.4 Å². The van der Waals surface area contributed by atoms with Crippen LogP contribution in [0.15, 0.2) is 53.0 Å². The lowest BCUT2D eigenvalue weighted by Gasteiger charge is -2.12. The maximum Gasteiger partial charge on any atom is 0.387 e. The van der Waals surface area contributed by atoms with E-state index < -0.39 is 18.4 Å². The number of hydrogen-bond donors (Lipinski definition) is 2.